The Labute approximate surface area is 372 Å². The molecule has 0 saturated carbocycles. The number of H-pyrrole nitrogens is 2. The number of aromatic hydroxyl groups is 4. The van der Waals surface area contributed by atoms with E-state index >= 15 is 0 Å². The van der Waals surface area contributed by atoms with Crippen LogP contribution in [0.5, 0.6) is 23.0 Å². The SMILES string of the molecule is C=Cc1nc(C)c(C2=CC(O)=CC(O)=CC2)c(=C)[nH]c(=C)c(-c2ccc(SC#N)cc2)c2nc(c(-c3cc(O)cc(O)c3)c(C)[nH]c(C)c1-c1cc(O)cc(O)c1)C=C2.CC.CC. The molecular formula is C51H53N5O6S. The third-order valence-corrected chi connectivity index (χ3v) is 10.0. The molecular weight excluding hydrogens is 811 g/mol. The summed E-state index contributed by atoms with van der Waals surface area (Å²) in [4.78, 5) is 17.7. The summed E-state index contributed by atoms with van der Waals surface area (Å²) >= 11 is 1.03. The van der Waals surface area contributed by atoms with Crippen LogP contribution in [0, 0.1) is 31.4 Å². The molecule has 8 N–H and O–H groups in total. The summed E-state index contributed by atoms with van der Waals surface area (Å²) in [5, 5.41) is 75.8. The first kappa shape index (κ1) is 48.1. The first-order valence-corrected chi connectivity index (χ1v) is 21.0. The van der Waals surface area contributed by atoms with Gasteiger partial charge in [0.15, 0.2) is 0 Å². The number of rotatable bonds is 6. The molecule has 2 bridgehead atoms. The summed E-state index contributed by atoms with van der Waals surface area (Å²) in [6.07, 6.45) is 9.65. The van der Waals surface area contributed by atoms with Crippen LogP contribution in [-0.4, -0.2) is 50.6 Å². The van der Waals surface area contributed by atoms with Crippen molar-refractivity contribution >= 4 is 48.7 Å². The van der Waals surface area contributed by atoms with Gasteiger partial charge < -0.3 is 40.6 Å². The van der Waals surface area contributed by atoms with E-state index in [1.807, 2.05) is 65.0 Å². The Bertz CT molecular complexity index is 2850. The van der Waals surface area contributed by atoms with Gasteiger partial charge in [-0.1, -0.05) is 59.6 Å². The van der Waals surface area contributed by atoms with Crippen molar-refractivity contribution in [1.82, 2.24) is 19.9 Å². The second-order valence-corrected chi connectivity index (χ2v) is 14.6. The van der Waals surface area contributed by atoms with Crippen molar-refractivity contribution in [1.29, 1.82) is 5.26 Å². The first-order valence-electron chi connectivity index (χ1n) is 20.2. The van der Waals surface area contributed by atoms with Crippen molar-refractivity contribution in [3.05, 3.63) is 147 Å². The lowest BCUT2D eigenvalue weighted by Gasteiger charge is -2.13. The largest absolute Gasteiger partial charge is 0.508 e. The van der Waals surface area contributed by atoms with Crippen molar-refractivity contribution < 1.29 is 30.6 Å². The number of phenolic OH excluding ortho intramolecular Hbond substituents is 4. The number of aryl methyl sites for hydroxylation is 3. The third-order valence-electron chi connectivity index (χ3n) is 9.44. The second kappa shape index (κ2) is 21.8. The minimum absolute atomic E-state index is 0.121. The van der Waals surface area contributed by atoms with E-state index < -0.39 is 0 Å². The van der Waals surface area contributed by atoms with Crippen LogP contribution in [0.4, 0.5) is 0 Å². The number of hydrogen-bond donors (Lipinski definition) is 8. The Kier molecular flexibility index (Phi) is 16.6. The lowest BCUT2D eigenvalue weighted by molar-refractivity contribution is 0.405. The highest BCUT2D eigenvalue weighted by Crippen LogP contribution is 2.36. The monoisotopic (exact) mass is 863 g/mol. The van der Waals surface area contributed by atoms with Crippen LogP contribution in [0.1, 0.15) is 73.8 Å². The van der Waals surface area contributed by atoms with E-state index in [1.54, 1.807) is 26.0 Å². The van der Waals surface area contributed by atoms with E-state index in [1.165, 1.54) is 54.6 Å². The molecule has 1 aliphatic heterocycles. The number of thioether (sulfide) groups is 1. The van der Waals surface area contributed by atoms with Gasteiger partial charge >= 0.3 is 0 Å². The van der Waals surface area contributed by atoms with Crippen LogP contribution < -0.4 is 10.7 Å². The standard InChI is InChI=1S/C47H41N5O6S.2C2H6/c1-7-41-46(32-17-36(55)22-37(56)18-32)28(5)50-29(6)47(33-19-38(57)23-39(58)20-33)43-15-14-42(52-43)45(30-9-12-40(13-10-30)59-24-48)27(4)49-25(2)44(26(3)51-41)31-8-11-34(53)21-35(54)16-31;2*1-2/h7,9-23,49-50,53-58H,1-2,4,8H2,3,5-6H3;2*1-2H3. The Morgan fingerprint density at radius 3 is 1.68 bits per heavy atom. The van der Waals surface area contributed by atoms with E-state index in [0.717, 1.165) is 16.7 Å². The molecule has 3 aromatic carbocycles. The summed E-state index contributed by atoms with van der Waals surface area (Å²) in [7, 11) is 0. The average Bonchev–Trinajstić information content (AvgIpc) is 3.62. The van der Waals surface area contributed by atoms with Gasteiger partial charge in [-0.25, -0.2) is 4.98 Å². The summed E-state index contributed by atoms with van der Waals surface area (Å²) in [5.41, 5.74) is 6.91. The predicted octanol–water partition coefficient (Wildman–Crippen LogP) is 11.5. The molecule has 2 aliphatic rings. The minimum atomic E-state index is -0.195. The van der Waals surface area contributed by atoms with E-state index in [2.05, 4.69) is 35.1 Å². The molecule has 0 unspecified atom stereocenters. The van der Waals surface area contributed by atoms with Crippen LogP contribution in [0.2, 0.25) is 0 Å². The van der Waals surface area contributed by atoms with Crippen molar-refractivity contribution in [2.45, 2.75) is 59.8 Å². The quantitative estimate of drug-likeness (QED) is 0.0599. The van der Waals surface area contributed by atoms with Gasteiger partial charge in [0.05, 0.1) is 17.1 Å². The molecule has 0 spiro atoms. The summed E-state index contributed by atoms with van der Waals surface area (Å²) in [6, 6.07) is 15.8. The van der Waals surface area contributed by atoms with Crippen molar-refractivity contribution in [2.24, 2.45) is 0 Å². The Morgan fingerprint density at radius 2 is 1.14 bits per heavy atom. The van der Waals surface area contributed by atoms with Crippen molar-refractivity contribution in [3.8, 4) is 61.8 Å². The lowest BCUT2D eigenvalue weighted by atomic mass is 9.99. The number of aliphatic hydroxyl groups is 2. The highest BCUT2D eigenvalue weighted by molar-refractivity contribution is 8.03. The van der Waals surface area contributed by atoms with Crippen LogP contribution in [0.25, 0.3) is 70.3 Å². The molecule has 6 rings (SSSR count). The van der Waals surface area contributed by atoms with Crippen LogP contribution in [0.3, 0.4) is 0 Å². The number of nitrogens with zero attached hydrogens (tertiary/aromatic N) is 3. The first-order chi connectivity index (χ1) is 30.1. The third kappa shape index (κ3) is 11.6. The zero-order valence-corrected chi connectivity index (χ0v) is 37.3. The number of fused-ring (bicyclic) bond motifs is 2. The molecule has 0 radical (unpaired) electrons. The Hall–Kier alpha value is -7.62. The molecule has 11 nitrogen and oxygen atoms in total. The molecule has 1 aliphatic carbocycles. The maximum absolute atomic E-state index is 10.8. The van der Waals surface area contributed by atoms with Gasteiger partial charge in [-0.3, -0.25) is 4.98 Å². The van der Waals surface area contributed by atoms with E-state index in [-0.39, 0.29) is 40.9 Å². The second-order valence-electron chi connectivity index (χ2n) is 13.7. The number of nitriles is 1. The minimum Gasteiger partial charge on any atom is -0.508 e. The molecule has 1 aromatic heterocycles. The number of aromatic amines is 2. The fourth-order valence-electron chi connectivity index (χ4n) is 7.13. The molecule has 0 amide bonds. The van der Waals surface area contributed by atoms with Crippen LogP contribution in [-0.2, 0) is 0 Å². The zero-order valence-electron chi connectivity index (χ0n) is 36.5. The molecule has 63 heavy (non-hydrogen) atoms. The van der Waals surface area contributed by atoms with Gasteiger partial charge in [-0.05, 0) is 128 Å². The van der Waals surface area contributed by atoms with E-state index in [9.17, 15) is 35.9 Å². The van der Waals surface area contributed by atoms with Gasteiger partial charge in [-0.15, -0.1) is 0 Å². The summed E-state index contributed by atoms with van der Waals surface area (Å²) in [5.74, 6) is -1.04. The summed E-state index contributed by atoms with van der Waals surface area (Å²) < 4.78 is 0. The molecule has 324 valence electrons. The molecule has 0 atom stereocenters. The summed E-state index contributed by atoms with van der Waals surface area (Å²) in [6.45, 7) is 26.3. The number of thiocyanates is 1. The van der Waals surface area contributed by atoms with Gasteiger partial charge in [-0.2, -0.15) is 5.26 Å². The van der Waals surface area contributed by atoms with Crippen molar-refractivity contribution in [3.63, 3.8) is 0 Å². The normalized spacial score (nSPS) is 11.9. The van der Waals surface area contributed by atoms with Crippen LogP contribution in [0.15, 0.2) is 102 Å². The number of allylic oxidation sites excluding steroid dienone is 4. The van der Waals surface area contributed by atoms with Gasteiger partial charge in [0.1, 0.15) is 39.9 Å². The molecule has 4 aromatic rings. The topological polar surface area (TPSA) is 203 Å². The fraction of sp³-hybridized carbons (Fsp3) is 0.157. The molecule has 0 saturated heterocycles. The maximum atomic E-state index is 10.8. The van der Waals surface area contributed by atoms with E-state index in [0.29, 0.717) is 89.4 Å². The molecule has 12 heteroatoms. The van der Waals surface area contributed by atoms with E-state index in [4.69, 9.17) is 9.97 Å². The number of aromatic nitrogens is 4. The predicted molar refractivity (Wildman–Crippen MR) is 258 cm³/mol. The van der Waals surface area contributed by atoms with Crippen LogP contribution >= 0.6 is 11.8 Å². The smallest absolute Gasteiger partial charge is 0.138 e. The number of benzene rings is 3. The highest BCUT2D eigenvalue weighted by atomic mass is 32.2. The number of aliphatic hydroxyl groups excluding tert-OH is 2. The highest BCUT2D eigenvalue weighted by Gasteiger charge is 2.18. The van der Waals surface area contributed by atoms with Crippen molar-refractivity contribution in [2.75, 3.05) is 0 Å². The Morgan fingerprint density at radius 1 is 0.635 bits per heavy atom. The fourth-order valence-corrected chi connectivity index (χ4v) is 7.51. The zero-order chi connectivity index (χ0) is 46.5. The molecule has 2 heterocycles. The number of nitrogens with one attached hydrogen (secondary N) is 2. The lowest BCUT2D eigenvalue weighted by Crippen LogP contribution is -2.21. The van der Waals surface area contributed by atoms with Gasteiger partial charge in [0.25, 0.3) is 0 Å². The maximum Gasteiger partial charge on any atom is 0.138 e. The number of hydrogen-bond acceptors (Lipinski definition) is 10. The van der Waals surface area contributed by atoms with Gasteiger partial charge in [0.2, 0.25) is 0 Å². The average molecular weight is 864 g/mol. The number of phenols is 4. The molecule has 0 fully saturated rings. The van der Waals surface area contributed by atoms with Gasteiger partial charge in [0, 0.05) is 73.1 Å². The Balaban J connectivity index is 0.00000212.